The molecule has 0 aliphatic heterocycles. The molecule has 3 rings (SSSR count). The van der Waals surface area contributed by atoms with E-state index in [0.717, 1.165) is 12.1 Å². The zero-order chi connectivity index (χ0) is 13.8. The molecule has 102 valence electrons. The topological polar surface area (TPSA) is 55.6 Å². The van der Waals surface area contributed by atoms with Crippen LogP contribution in [0.25, 0.3) is 5.69 Å². The van der Waals surface area contributed by atoms with Gasteiger partial charge >= 0.3 is 0 Å². The number of rotatable bonds is 5. The van der Waals surface area contributed by atoms with Gasteiger partial charge in [-0.25, -0.2) is 0 Å². The largest absolute Gasteiger partial charge is 0.345 e. The van der Waals surface area contributed by atoms with E-state index >= 15 is 0 Å². The fourth-order valence-corrected chi connectivity index (χ4v) is 2.90. The molecular formula is C14H15N5S. The first-order chi connectivity index (χ1) is 9.88. The number of aromatic nitrogens is 4. The quantitative estimate of drug-likeness (QED) is 0.781. The van der Waals surface area contributed by atoms with Crippen LogP contribution in [0.15, 0.2) is 47.8 Å². The molecule has 0 bridgehead atoms. The fraction of sp³-hybridized carbons (Fsp3) is 0.214. The van der Waals surface area contributed by atoms with Gasteiger partial charge in [-0.2, -0.15) is 4.68 Å². The molecule has 5 nitrogen and oxygen atoms in total. The Morgan fingerprint density at radius 2 is 2.05 bits per heavy atom. The lowest BCUT2D eigenvalue weighted by atomic mass is 10.2. The van der Waals surface area contributed by atoms with Gasteiger partial charge < -0.3 is 5.32 Å². The van der Waals surface area contributed by atoms with Crippen molar-refractivity contribution in [2.75, 3.05) is 5.32 Å². The van der Waals surface area contributed by atoms with Gasteiger partial charge in [-0.05, 0) is 40.4 Å². The van der Waals surface area contributed by atoms with Crippen LogP contribution in [0.5, 0.6) is 0 Å². The van der Waals surface area contributed by atoms with Crippen LogP contribution in [0.3, 0.4) is 0 Å². The van der Waals surface area contributed by atoms with Crippen LogP contribution in [0.2, 0.25) is 0 Å². The minimum absolute atomic E-state index is 0.225. The number of hydrogen-bond donors (Lipinski definition) is 1. The molecule has 6 heteroatoms. The molecule has 0 saturated heterocycles. The molecule has 20 heavy (non-hydrogen) atoms. The van der Waals surface area contributed by atoms with E-state index in [9.17, 15) is 0 Å². The highest BCUT2D eigenvalue weighted by atomic mass is 32.1. The Morgan fingerprint density at radius 1 is 1.20 bits per heavy atom. The third-order valence-electron chi connectivity index (χ3n) is 3.07. The number of hydrogen-bond acceptors (Lipinski definition) is 5. The van der Waals surface area contributed by atoms with E-state index in [4.69, 9.17) is 0 Å². The first kappa shape index (κ1) is 12.8. The molecule has 1 aromatic carbocycles. The first-order valence-electron chi connectivity index (χ1n) is 6.52. The summed E-state index contributed by atoms with van der Waals surface area (Å²) in [5.41, 5.74) is 0.945. The molecule has 0 fully saturated rings. The zero-order valence-electron chi connectivity index (χ0n) is 11.1. The van der Waals surface area contributed by atoms with Crippen molar-refractivity contribution in [3.05, 3.63) is 52.7 Å². The minimum Gasteiger partial charge on any atom is -0.345 e. The van der Waals surface area contributed by atoms with E-state index in [1.54, 1.807) is 16.0 Å². The van der Waals surface area contributed by atoms with Crippen molar-refractivity contribution in [2.24, 2.45) is 0 Å². The van der Waals surface area contributed by atoms with Crippen LogP contribution in [0.1, 0.15) is 24.3 Å². The maximum absolute atomic E-state index is 4.09. The molecule has 0 saturated carbocycles. The maximum atomic E-state index is 4.09. The highest BCUT2D eigenvalue weighted by Gasteiger charge is 2.15. The molecule has 2 heterocycles. The van der Waals surface area contributed by atoms with Gasteiger partial charge in [0.05, 0.1) is 11.7 Å². The maximum Gasteiger partial charge on any atom is 0.248 e. The highest BCUT2D eigenvalue weighted by Crippen LogP contribution is 2.25. The van der Waals surface area contributed by atoms with Gasteiger partial charge in [0.1, 0.15) is 0 Å². The number of benzene rings is 1. The van der Waals surface area contributed by atoms with Crippen molar-refractivity contribution in [2.45, 2.75) is 19.4 Å². The number of nitrogens with zero attached hydrogens (tertiary/aromatic N) is 4. The van der Waals surface area contributed by atoms with Gasteiger partial charge in [0.15, 0.2) is 0 Å². The van der Waals surface area contributed by atoms with Crippen LogP contribution in [0, 0.1) is 0 Å². The molecule has 0 aliphatic carbocycles. The summed E-state index contributed by atoms with van der Waals surface area (Å²) in [5, 5.41) is 17.4. The Balaban J connectivity index is 1.87. The second-order valence-electron chi connectivity index (χ2n) is 4.37. The summed E-state index contributed by atoms with van der Waals surface area (Å²) in [6.07, 6.45) is 0.974. The van der Waals surface area contributed by atoms with E-state index in [0.29, 0.717) is 5.95 Å². The molecule has 2 aromatic heterocycles. The van der Waals surface area contributed by atoms with Crippen LogP contribution < -0.4 is 5.32 Å². The second kappa shape index (κ2) is 5.83. The summed E-state index contributed by atoms with van der Waals surface area (Å²) in [4.78, 5) is 1.29. The van der Waals surface area contributed by atoms with Gasteiger partial charge in [0, 0.05) is 4.88 Å². The standard InChI is InChI=1S/C14H15N5S/c1-2-12(13-9-6-10-20-13)15-14-16-17-18-19(14)11-7-4-3-5-8-11/h3-10,12H,2H2,1H3,(H,15,16,18). The van der Waals surface area contributed by atoms with E-state index in [-0.39, 0.29) is 6.04 Å². The van der Waals surface area contributed by atoms with Crippen molar-refractivity contribution in [3.63, 3.8) is 0 Å². The molecule has 3 aromatic rings. The third-order valence-corrected chi connectivity index (χ3v) is 4.05. The lowest BCUT2D eigenvalue weighted by molar-refractivity contribution is 0.737. The Labute approximate surface area is 121 Å². The Morgan fingerprint density at radius 3 is 2.75 bits per heavy atom. The summed E-state index contributed by atoms with van der Waals surface area (Å²) in [6.45, 7) is 2.15. The Bertz CT molecular complexity index is 647. The van der Waals surface area contributed by atoms with E-state index < -0.39 is 0 Å². The van der Waals surface area contributed by atoms with Crippen LogP contribution in [-0.4, -0.2) is 20.2 Å². The average molecular weight is 285 g/mol. The minimum atomic E-state index is 0.225. The Hall–Kier alpha value is -2.21. The number of nitrogens with one attached hydrogen (secondary N) is 1. The van der Waals surface area contributed by atoms with Crippen LogP contribution >= 0.6 is 11.3 Å². The van der Waals surface area contributed by atoms with Gasteiger partial charge in [-0.1, -0.05) is 36.3 Å². The predicted molar refractivity (Wildman–Crippen MR) is 80.1 cm³/mol. The van der Waals surface area contributed by atoms with Crippen LogP contribution in [0.4, 0.5) is 5.95 Å². The number of anilines is 1. The molecule has 0 aliphatic rings. The molecule has 0 radical (unpaired) electrons. The lowest BCUT2D eigenvalue weighted by Crippen LogP contribution is -2.13. The van der Waals surface area contributed by atoms with Gasteiger partial charge in [0.2, 0.25) is 5.95 Å². The van der Waals surface area contributed by atoms with Gasteiger partial charge in [-0.15, -0.1) is 11.3 Å². The van der Waals surface area contributed by atoms with Crippen molar-refractivity contribution >= 4 is 17.3 Å². The average Bonchev–Trinajstić information content (AvgIpc) is 3.17. The SMILES string of the molecule is CCC(Nc1nnnn1-c1ccccc1)c1cccs1. The zero-order valence-corrected chi connectivity index (χ0v) is 11.9. The van der Waals surface area contributed by atoms with E-state index in [1.807, 2.05) is 30.3 Å². The summed E-state index contributed by atoms with van der Waals surface area (Å²) in [7, 11) is 0. The van der Waals surface area contributed by atoms with Gasteiger partial charge in [0.25, 0.3) is 0 Å². The smallest absolute Gasteiger partial charge is 0.248 e. The molecule has 1 unspecified atom stereocenters. The highest BCUT2D eigenvalue weighted by molar-refractivity contribution is 7.10. The van der Waals surface area contributed by atoms with Crippen molar-refractivity contribution in [3.8, 4) is 5.69 Å². The second-order valence-corrected chi connectivity index (χ2v) is 5.35. The summed E-state index contributed by atoms with van der Waals surface area (Å²) >= 11 is 1.74. The number of thiophene rings is 1. The number of para-hydroxylation sites is 1. The normalized spacial score (nSPS) is 12.2. The molecular weight excluding hydrogens is 270 g/mol. The predicted octanol–water partition coefficient (Wildman–Crippen LogP) is 3.29. The molecule has 0 spiro atoms. The summed E-state index contributed by atoms with van der Waals surface area (Å²) in [6, 6.07) is 14.3. The van der Waals surface area contributed by atoms with Crippen molar-refractivity contribution in [1.29, 1.82) is 0 Å². The third kappa shape index (κ3) is 2.55. The summed E-state index contributed by atoms with van der Waals surface area (Å²) in [5.74, 6) is 0.663. The van der Waals surface area contributed by atoms with E-state index in [1.165, 1.54) is 4.88 Å². The van der Waals surface area contributed by atoms with Crippen molar-refractivity contribution < 1.29 is 0 Å². The van der Waals surface area contributed by atoms with Gasteiger partial charge in [-0.3, -0.25) is 0 Å². The summed E-state index contributed by atoms with van der Waals surface area (Å²) < 4.78 is 1.72. The first-order valence-corrected chi connectivity index (χ1v) is 7.40. The fourth-order valence-electron chi connectivity index (χ4n) is 2.04. The molecule has 1 N–H and O–H groups in total. The molecule has 1 atom stereocenters. The van der Waals surface area contributed by atoms with Crippen LogP contribution in [-0.2, 0) is 0 Å². The van der Waals surface area contributed by atoms with Crippen molar-refractivity contribution in [1.82, 2.24) is 20.2 Å². The monoisotopic (exact) mass is 285 g/mol. The van der Waals surface area contributed by atoms with E-state index in [2.05, 4.69) is 45.3 Å². The number of tetrazole rings is 1. The Kier molecular flexibility index (Phi) is 3.73. The molecule has 0 amide bonds. The lowest BCUT2D eigenvalue weighted by Gasteiger charge is -2.15.